The molecule has 1 heterocycles. The van der Waals surface area contributed by atoms with Crippen molar-refractivity contribution in [3.05, 3.63) is 0 Å². The summed E-state index contributed by atoms with van der Waals surface area (Å²) in [7, 11) is -2.19. The van der Waals surface area contributed by atoms with Gasteiger partial charge in [-0.1, -0.05) is 0 Å². The van der Waals surface area contributed by atoms with Crippen LogP contribution >= 0.6 is 0 Å². The summed E-state index contributed by atoms with van der Waals surface area (Å²) < 4.78 is 39.8. The van der Waals surface area contributed by atoms with E-state index in [1.165, 1.54) is 7.11 Å². The molecule has 1 rings (SSSR count). The van der Waals surface area contributed by atoms with Crippen LogP contribution in [0.2, 0.25) is 0 Å². The van der Waals surface area contributed by atoms with E-state index in [1.54, 1.807) is 0 Å². The van der Waals surface area contributed by atoms with Gasteiger partial charge in [0.1, 0.15) is 6.10 Å². The quantitative estimate of drug-likeness (QED) is 0.686. The standard InChI is InChI=1S/C9H20N2O5S/c1-3-15-7-9-8(14-2)6-11(4-5-16-9)17(10,12)13/h8-9H,3-7H2,1-2H3,(H2,10,12,13)/t8-,9+/m0/s1. The second kappa shape index (κ2) is 6.62. The molecule has 1 aliphatic heterocycles. The minimum absolute atomic E-state index is 0.188. The Bertz CT molecular complexity index is 321. The third-order valence-electron chi connectivity index (χ3n) is 2.62. The van der Waals surface area contributed by atoms with Crippen molar-refractivity contribution < 1.29 is 22.6 Å². The Morgan fingerprint density at radius 2 is 2.24 bits per heavy atom. The van der Waals surface area contributed by atoms with Crippen LogP contribution in [0.4, 0.5) is 0 Å². The van der Waals surface area contributed by atoms with Gasteiger partial charge in [-0.05, 0) is 6.92 Å². The first-order valence-electron chi connectivity index (χ1n) is 5.49. The fourth-order valence-corrected chi connectivity index (χ4v) is 2.35. The number of ether oxygens (including phenoxy) is 3. The van der Waals surface area contributed by atoms with Crippen molar-refractivity contribution in [2.75, 3.05) is 40.0 Å². The van der Waals surface area contributed by atoms with Crippen LogP contribution in [-0.2, 0) is 24.4 Å². The van der Waals surface area contributed by atoms with Crippen LogP contribution in [0.1, 0.15) is 6.92 Å². The molecule has 0 aromatic rings. The van der Waals surface area contributed by atoms with E-state index >= 15 is 0 Å². The van der Waals surface area contributed by atoms with Gasteiger partial charge in [0.05, 0.1) is 19.3 Å². The van der Waals surface area contributed by atoms with Crippen molar-refractivity contribution in [3.8, 4) is 0 Å². The minimum atomic E-state index is -3.70. The molecule has 8 heteroatoms. The SMILES string of the molecule is CCOC[C@H]1OCCN(S(N)(=O)=O)C[C@@H]1OC. The maximum Gasteiger partial charge on any atom is 0.277 e. The summed E-state index contributed by atoms with van der Waals surface area (Å²) in [4.78, 5) is 0. The summed E-state index contributed by atoms with van der Waals surface area (Å²) in [5, 5.41) is 5.10. The summed E-state index contributed by atoms with van der Waals surface area (Å²) in [6.45, 7) is 3.56. The van der Waals surface area contributed by atoms with Crippen LogP contribution in [-0.4, -0.2) is 65.0 Å². The summed E-state index contributed by atoms with van der Waals surface area (Å²) >= 11 is 0. The fraction of sp³-hybridized carbons (Fsp3) is 1.00. The molecule has 0 spiro atoms. The van der Waals surface area contributed by atoms with E-state index in [0.29, 0.717) is 13.2 Å². The third-order valence-corrected chi connectivity index (χ3v) is 3.67. The van der Waals surface area contributed by atoms with Gasteiger partial charge in [-0.25, -0.2) is 5.14 Å². The molecule has 0 bridgehead atoms. The maximum atomic E-state index is 11.3. The molecule has 1 fully saturated rings. The zero-order valence-corrected chi connectivity index (χ0v) is 11.0. The van der Waals surface area contributed by atoms with Crippen molar-refractivity contribution in [1.29, 1.82) is 0 Å². The van der Waals surface area contributed by atoms with Crippen molar-refractivity contribution in [2.24, 2.45) is 5.14 Å². The predicted octanol–water partition coefficient (Wildman–Crippen LogP) is -1.06. The Morgan fingerprint density at radius 1 is 1.53 bits per heavy atom. The molecule has 1 saturated heterocycles. The van der Waals surface area contributed by atoms with Crippen molar-refractivity contribution >= 4 is 10.2 Å². The largest absolute Gasteiger partial charge is 0.379 e. The van der Waals surface area contributed by atoms with Crippen LogP contribution < -0.4 is 5.14 Å². The van der Waals surface area contributed by atoms with Crippen LogP contribution in [0.15, 0.2) is 0 Å². The molecule has 0 saturated carbocycles. The minimum Gasteiger partial charge on any atom is -0.379 e. The van der Waals surface area contributed by atoms with Gasteiger partial charge in [-0.3, -0.25) is 0 Å². The summed E-state index contributed by atoms with van der Waals surface area (Å²) in [6.07, 6.45) is -0.644. The van der Waals surface area contributed by atoms with Gasteiger partial charge in [0, 0.05) is 26.8 Å². The molecule has 17 heavy (non-hydrogen) atoms. The molecule has 1 aliphatic rings. The Hall–Kier alpha value is -0.250. The van der Waals surface area contributed by atoms with Crippen molar-refractivity contribution in [2.45, 2.75) is 19.1 Å². The summed E-state index contributed by atoms with van der Waals surface area (Å²) in [5.41, 5.74) is 0. The van der Waals surface area contributed by atoms with E-state index in [2.05, 4.69) is 0 Å². The zero-order chi connectivity index (χ0) is 12.9. The lowest BCUT2D eigenvalue weighted by atomic mass is 10.2. The second-order valence-corrected chi connectivity index (χ2v) is 5.29. The first-order chi connectivity index (χ1) is 7.99. The van der Waals surface area contributed by atoms with E-state index in [9.17, 15) is 8.42 Å². The molecular formula is C9H20N2O5S. The molecule has 0 aliphatic carbocycles. The van der Waals surface area contributed by atoms with E-state index in [4.69, 9.17) is 19.3 Å². The number of rotatable bonds is 5. The maximum absolute atomic E-state index is 11.3. The van der Waals surface area contributed by atoms with E-state index in [-0.39, 0.29) is 31.9 Å². The Kier molecular flexibility index (Phi) is 5.77. The van der Waals surface area contributed by atoms with Crippen molar-refractivity contribution in [1.82, 2.24) is 4.31 Å². The first-order valence-corrected chi connectivity index (χ1v) is 6.99. The lowest BCUT2D eigenvalue weighted by molar-refractivity contribution is -0.0777. The monoisotopic (exact) mass is 268 g/mol. The van der Waals surface area contributed by atoms with Gasteiger partial charge >= 0.3 is 0 Å². The van der Waals surface area contributed by atoms with Crippen LogP contribution in [0, 0.1) is 0 Å². The van der Waals surface area contributed by atoms with Crippen LogP contribution in [0.5, 0.6) is 0 Å². The molecule has 0 unspecified atom stereocenters. The Labute approximate surface area is 102 Å². The van der Waals surface area contributed by atoms with E-state index in [0.717, 1.165) is 4.31 Å². The Balaban J connectivity index is 2.67. The number of nitrogens with zero attached hydrogens (tertiary/aromatic N) is 1. The third kappa shape index (κ3) is 4.49. The Morgan fingerprint density at radius 3 is 2.76 bits per heavy atom. The molecule has 7 nitrogen and oxygen atoms in total. The molecule has 0 radical (unpaired) electrons. The second-order valence-electron chi connectivity index (χ2n) is 3.75. The normalized spacial score (nSPS) is 27.9. The van der Waals surface area contributed by atoms with Crippen LogP contribution in [0.3, 0.4) is 0 Å². The van der Waals surface area contributed by atoms with Gasteiger partial charge in [-0.2, -0.15) is 12.7 Å². The number of hydrogen-bond donors (Lipinski definition) is 1. The van der Waals surface area contributed by atoms with Gasteiger partial charge < -0.3 is 14.2 Å². The highest BCUT2D eigenvalue weighted by Crippen LogP contribution is 2.13. The number of nitrogens with two attached hydrogens (primary N) is 1. The lowest BCUT2D eigenvalue weighted by Gasteiger charge is -2.25. The van der Waals surface area contributed by atoms with E-state index in [1.807, 2.05) is 6.92 Å². The number of methoxy groups -OCH3 is 1. The first kappa shape index (κ1) is 14.8. The zero-order valence-electron chi connectivity index (χ0n) is 10.2. The highest BCUT2D eigenvalue weighted by molar-refractivity contribution is 7.86. The van der Waals surface area contributed by atoms with Gasteiger partial charge in [0.2, 0.25) is 0 Å². The predicted molar refractivity (Wildman–Crippen MR) is 61.7 cm³/mol. The smallest absolute Gasteiger partial charge is 0.277 e. The van der Waals surface area contributed by atoms with E-state index < -0.39 is 10.2 Å². The van der Waals surface area contributed by atoms with Crippen molar-refractivity contribution in [3.63, 3.8) is 0 Å². The topological polar surface area (TPSA) is 91.1 Å². The van der Waals surface area contributed by atoms with Gasteiger partial charge in [0.15, 0.2) is 0 Å². The number of hydrogen-bond acceptors (Lipinski definition) is 5. The highest BCUT2D eigenvalue weighted by atomic mass is 32.2. The molecule has 102 valence electrons. The highest BCUT2D eigenvalue weighted by Gasteiger charge is 2.31. The summed E-state index contributed by atoms with van der Waals surface area (Å²) in [5.74, 6) is 0. The molecule has 2 atom stereocenters. The molecular weight excluding hydrogens is 248 g/mol. The molecule has 2 N–H and O–H groups in total. The van der Waals surface area contributed by atoms with Gasteiger partial charge in [-0.15, -0.1) is 0 Å². The van der Waals surface area contributed by atoms with Crippen LogP contribution in [0.25, 0.3) is 0 Å². The molecule has 0 aromatic carbocycles. The molecule has 0 amide bonds. The molecule has 0 aromatic heterocycles. The lowest BCUT2D eigenvalue weighted by Crippen LogP contribution is -2.44. The average molecular weight is 268 g/mol. The van der Waals surface area contributed by atoms with Gasteiger partial charge in [0.25, 0.3) is 10.2 Å². The fourth-order valence-electron chi connectivity index (χ4n) is 1.67. The summed E-state index contributed by atoms with van der Waals surface area (Å²) in [6, 6.07) is 0. The average Bonchev–Trinajstić information content (AvgIpc) is 2.47.